The Morgan fingerprint density at radius 2 is 1.75 bits per heavy atom. The van der Waals surface area contributed by atoms with Gasteiger partial charge in [-0.1, -0.05) is 36.4 Å². The summed E-state index contributed by atoms with van der Waals surface area (Å²) in [5.41, 5.74) is 3.32. The van der Waals surface area contributed by atoms with Crippen LogP contribution in [0.5, 0.6) is 0 Å². The van der Waals surface area contributed by atoms with Crippen molar-refractivity contribution in [2.24, 2.45) is 5.92 Å². The average Bonchev–Trinajstić information content (AvgIpc) is 2.83. The van der Waals surface area contributed by atoms with Gasteiger partial charge in [0.25, 0.3) is 0 Å². The first-order valence-corrected chi connectivity index (χ1v) is 12.2. The van der Waals surface area contributed by atoms with Gasteiger partial charge in [0.1, 0.15) is 0 Å². The van der Waals surface area contributed by atoms with Crippen molar-refractivity contribution < 1.29 is 14.4 Å². The average molecular weight is 450 g/mol. The number of hydrogen-bond acceptors (Lipinski definition) is 4. The van der Waals surface area contributed by atoms with Crippen molar-refractivity contribution in [2.45, 2.75) is 48.3 Å². The quantitative estimate of drug-likeness (QED) is 0.703. The molecule has 3 aliphatic rings. The van der Waals surface area contributed by atoms with Crippen LogP contribution in [0.2, 0.25) is 0 Å². The Morgan fingerprint density at radius 3 is 2.59 bits per heavy atom. The molecule has 0 bridgehead atoms. The highest BCUT2D eigenvalue weighted by Crippen LogP contribution is 2.36. The third-order valence-electron chi connectivity index (χ3n) is 6.72. The van der Waals surface area contributed by atoms with E-state index >= 15 is 0 Å². The molecule has 0 spiro atoms. The predicted octanol–water partition coefficient (Wildman–Crippen LogP) is 3.53. The minimum atomic E-state index is -0.769. The summed E-state index contributed by atoms with van der Waals surface area (Å²) in [5, 5.41) is 5.33. The summed E-state index contributed by atoms with van der Waals surface area (Å²) >= 11 is 1.31. The minimum Gasteiger partial charge on any atom is -0.349 e. The third-order valence-corrected chi connectivity index (χ3v) is 7.98. The topological polar surface area (TPSA) is 78.5 Å². The van der Waals surface area contributed by atoms with E-state index in [1.54, 1.807) is 4.90 Å². The molecule has 5 rings (SSSR count). The Bertz CT molecular complexity index is 1050. The second-order valence-electron chi connectivity index (χ2n) is 8.74. The van der Waals surface area contributed by atoms with Crippen molar-refractivity contribution in [1.82, 2.24) is 10.2 Å². The van der Waals surface area contributed by atoms with Crippen molar-refractivity contribution >= 4 is 35.2 Å². The molecule has 1 aliphatic carbocycles. The standard InChI is InChI=1S/C25H27N3O3S/c29-23(26-19-10-5-7-16-6-1-2-8-18(16)19)17-12-14-28(15-13-17)25(31)22-24(30)27-20-9-3-4-11-21(20)32-22/h1-4,6,8-9,11,17,19,22H,5,7,10,12-15H2,(H,26,29)(H,27,30)/t19-,22+/m0/s1. The lowest BCUT2D eigenvalue weighted by atomic mass is 9.87. The minimum absolute atomic E-state index is 0.0783. The molecule has 3 amide bonds. The Hall–Kier alpha value is -2.80. The number of fused-ring (bicyclic) bond motifs is 2. The zero-order valence-corrected chi connectivity index (χ0v) is 18.7. The fourth-order valence-electron chi connectivity index (χ4n) is 4.94. The van der Waals surface area contributed by atoms with Crippen molar-refractivity contribution in [3.8, 4) is 0 Å². The summed E-state index contributed by atoms with van der Waals surface area (Å²) in [7, 11) is 0. The molecule has 0 radical (unpaired) electrons. The molecule has 6 nitrogen and oxygen atoms in total. The van der Waals surface area contributed by atoms with Gasteiger partial charge in [0, 0.05) is 23.9 Å². The number of thioether (sulfide) groups is 1. The Labute approximate surface area is 192 Å². The van der Waals surface area contributed by atoms with E-state index in [0.717, 1.165) is 29.8 Å². The molecule has 1 saturated heterocycles. The van der Waals surface area contributed by atoms with E-state index in [1.165, 1.54) is 22.9 Å². The molecule has 0 unspecified atom stereocenters. The zero-order valence-electron chi connectivity index (χ0n) is 17.9. The van der Waals surface area contributed by atoms with Gasteiger partial charge in [0.05, 0.1) is 11.7 Å². The number of rotatable bonds is 3. The fourth-order valence-corrected chi connectivity index (χ4v) is 6.01. The number of piperidine rings is 1. The van der Waals surface area contributed by atoms with E-state index in [9.17, 15) is 14.4 Å². The first-order chi connectivity index (χ1) is 15.6. The SMILES string of the molecule is O=C(N[C@H]1CCCc2ccccc21)C1CCN(C(=O)[C@@H]2Sc3ccccc3NC2=O)CC1. The number of para-hydroxylation sites is 1. The second-order valence-corrected chi connectivity index (χ2v) is 9.88. The van der Waals surface area contributed by atoms with Gasteiger partial charge in [0.2, 0.25) is 17.7 Å². The highest BCUT2D eigenvalue weighted by molar-refractivity contribution is 8.01. The second kappa shape index (κ2) is 8.98. The van der Waals surface area contributed by atoms with Gasteiger partial charge in [-0.25, -0.2) is 0 Å². The molecule has 2 aromatic carbocycles. The summed E-state index contributed by atoms with van der Waals surface area (Å²) in [6.07, 6.45) is 4.37. The molecule has 7 heteroatoms. The van der Waals surface area contributed by atoms with E-state index in [-0.39, 0.29) is 29.7 Å². The van der Waals surface area contributed by atoms with Gasteiger partial charge in [-0.2, -0.15) is 0 Å². The van der Waals surface area contributed by atoms with Crippen molar-refractivity contribution in [3.63, 3.8) is 0 Å². The van der Waals surface area contributed by atoms with Crippen LogP contribution in [0.25, 0.3) is 0 Å². The van der Waals surface area contributed by atoms with Crippen LogP contribution in [0.15, 0.2) is 53.4 Å². The lowest BCUT2D eigenvalue weighted by molar-refractivity contribution is -0.137. The smallest absolute Gasteiger partial charge is 0.247 e. The van der Waals surface area contributed by atoms with Gasteiger partial charge < -0.3 is 15.5 Å². The molecule has 1 fully saturated rings. The number of carbonyl (C=O) groups excluding carboxylic acids is 3. The molecule has 0 saturated carbocycles. The zero-order chi connectivity index (χ0) is 22.1. The molecule has 2 aromatic rings. The maximum atomic E-state index is 13.0. The van der Waals surface area contributed by atoms with Crippen LogP contribution in [0.4, 0.5) is 5.69 Å². The van der Waals surface area contributed by atoms with Gasteiger partial charge in [-0.05, 0) is 55.4 Å². The maximum Gasteiger partial charge on any atom is 0.247 e. The van der Waals surface area contributed by atoms with Crippen LogP contribution < -0.4 is 10.6 Å². The molecule has 166 valence electrons. The predicted molar refractivity (Wildman–Crippen MR) is 124 cm³/mol. The number of nitrogens with one attached hydrogen (secondary N) is 2. The Kier molecular flexibility index (Phi) is 5.91. The molecule has 2 heterocycles. The maximum absolute atomic E-state index is 13.0. The van der Waals surface area contributed by atoms with Crippen LogP contribution in [0.1, 0.15) is 42.9 Å². The molecule has 32 heavy (non-hydrogen) atoms. The largest absolute Gasteiger partial charge is 0.349 e. The van der Waals surface area contributed by atoms with Gasteiger partial charge in [-0.3, -0.25) is 14.4 Å². The van der Waals surface area contributed by atoms with Crippen molar-refractivity contribution in [3.05, 3.63) is 59.7 Å². The van der Waals surface area contributed by atoms with Crippen LogP contribution in [0.3, 0.4) is 0 Å². The number of aryl methyl sites for hydroxylation is 1. The van der Waals surface area contributed by atoms with Crippen LogP contribution in [-0.4, -0.2) is 41.0 Å². The number of amides is 3. The lowest BCUT2D eigenvalue weighted by Crippen LogP contribution is -2.49. The normalized spacial score (nSPS) is 23.0. The third kappa shape index (κ3) is 4.13. The summed E-state index contributed by atoms with van der Waals surface area (Å²) in [4.78, 5) is 41.2. The van der Waals surface area contributed by atoms with E-state index < -0.39 is 5.25 Å². The number of hydrogen-bond donors (Lipinski definition) is 2. The van der Waals surface area contributed by atoms with Gasteiger partial charge in [-0.15, -0.1) is 11.8 Å². The monoisotopic (exact) mass is 449 g/mol. The Morgan fingerprint density at radius 1 is 1.00 bits per heavy atom. The summed E-state index contributed by atoms with van der Waals surface area (Å²) in [6.45, 7) is 1.01. The van der Waals surface area contributed by atoms with Crippen LogP contribution in [0, 0.1) is 5.92 Å². The van der Waals surface area contributed by atoms with E-state index in [2.05, 4.69) is 28.8 Å². The number of likely N-dealkylation sites (tertiary alicyclic amines) is 1. The van der Waals surface area contributed by atoms with Gasteiger partial charge >= 0.3 is 0 Å². The number of nitrogens with zero attached hydrogens (tertiary/aromatic N) is 1. The summed E-state index contributed by atoms with van der Waals surface area (Å²) in [5.74, 6) is -0.448. The van der Waals surface area contributed by atoms with Crippen LogP contribution in [-0.2, 0) is 20.8 Å². The molecule has 2 aliphatic heterocycles. The summed E-state index contributed by atoms with van der Waals surface area (Å²) in [6, 6.07) is 16.0. The first-order valence-electron chi connectivity index (χ1n) is 11.3. The van der Waals surface area contributed by atoms with Crippen molar-refractivity contribution in [1.29, 1.82) is 0 Å². The number of anilines is 1. The molecule has 2 atom stereocenters. The lowest BCUT2D eigenvalue weighted by Gasteiger charge is -2.35. The number of benzene rings is 2. The molecular formula is C25H27N3O3S. The summed E-state index contributed by atoms with van der Waals surface area (Å²) < 4.78 is 0. The molecule has 0 aromatic heterocycles. The molecule has 2 N–H and O–H groups in total. The highest BCUT2D eigenvalue weighted by atomic mass is 32.2. The first kappa shape index (κ1) is 21.1. The van der Waals surface area contributed by atoms with Crippen LogP contribution >= 0.6 is 11.8 Å². The van der Waals surface area contributed by atoms with Gasteiger partial charge in [0.15, 0.2) is 5.25 Å². The highest BCUT2D eigenvalue weighted by Gasteiger charge is 2.38. The van der Waals surface area contributed by atoms with E-state index in [4.69, 9.17) is 0 Å². The van der Waals surface area contributed by atoms with E-state index in [0.29, 0.717) is 25.9 Å². The van der Waals surface area contributed by atoms with E-state index in [1.807, 2.05) is 30.3 Å². The fraction of sp³-hybridized carbons (Fsp3) is 0.400. The molecular weight excluding hydrogens is 422 g/mol. The van der Waals surface area contributed by atoms with Crippen molar-refractivity contribution in [2.75, 3.05) is 18.4 Å². The Balaban J connectivity index is 1.17. The number of carbonyl (C=O) groups is 3.